The summed E-state index contributed by atoms with van der Waals surface area (Å²) >= 11 is 0. The van der Waals surface area contributed by atoms with E-state index in [4.69, 9.17) is 0 Å². The zero-order valence-corrected chi connectivity index (χ0v) is 15.2. The van der Waals surface area contributed by atoms with Gasteiger partial charge in [-0.05, 0) is 25.2 Å². The van der Waals surface area contributed by atoms with Crippen molar-refractivity contribution in [1.82, 2.24) is 10.2 Å². The maximum Gasteiger partial charge on any atom is 0.253 e. The van der Waals surface area contributed by atoms with Gasteiger partial charge in [0.15, 0.2) is 0 Å². The molecule has 0 fully saturated rings. The molecule has 1 aliphatic rings. The highest BCUT2D eigenvalue weighted by Gasteiger charge is 2.19. The van der Waals surface area contributed by atoms with Gasteiger partial charge in [0, 0.05) is 45.7 Å². The van der Waals surface area contributed by atoms with Crippen LogP contribution < -0.4 is 15.5 Å². The molecule has 0 atom stereocenters. The molecule has 0 bridgehead atoms. The molecule has 130 valence electrons. The molecule has 0 aromatic heterocycles. The Bertz CT molecular complexity index is 554. The predicted molar refractivity (Wildman–Crippen MR) is 98.3 cm³/mol. The number of carbonyl (C=O) groups is 2. The third kappa shape index (κ3) is 5.27. The Labute approximate surface area is 149 Å². The van der Waals surface area contributed by atoms with Crippen LogP contribution in [0.2, 0.25) is 0 Å². The number of fused-ring (bicyclic) bond motifs is 1. The average molecular weight is 363 g/mol. The van der Waals surface area contributed by atoms with Crippen LogP contribution in [0.3, 0.4) is 0 Å². The molecule has 1 aromatic carbocycles. The summed E-state index contributed by atoms with van der Waals surface area (Å²) in [7, 11) is 5.57. The van der Waals surface area contributed by atoms with Crippen LogP contribution in [-0.2, 0) is 4.79 Å². The minimum atomic E-state index is -0.0470. The lowest BCUT2D eigenvalue weighted by atomic mass is 10.1. The number of carbonyl (C=O) groups excluding carboxylic acids is 2. The van der Waals surface area contributed by atoms with Gasteiger partial charge in [0.2, 0.25) is 5.91 Å². The van der Waals surface area contributed by atoms with E-state index in [9.17, 15) is 9.59 Å². The summed E-state index contributed by atoms with van der Waals surface area (Å²) in [6.07, 6.45) is 0.455. The van der Waals surface area contributed by atoms with Crippen LogP contribution >= 0.6 is 24.8 Å². The minimum Gasteiger partial charge on any atom is -0.372 e. The van der Waals surface area contributed by atoms with E-state index in [1.54, 1.807) is 18.0 Å². The number of rotatable bonds is 4. The van der Waals surface area contributed by atoms with Gasteiger partial charge in [0.1, 0.15) is 0 Å². The Balaban J connectivity index is 0.00000242. The smallest absolute Gasteiger partial charge is 0.253 e. The maximum absolute atomic E-state index is 12.4. The van der Waals surface area contributed by atoms with Crippen molar-refractivity contribution in [1.29, 1.82) is 0 Å². The first-order valence-electron chi connectivity index (χ1n) is 7.08. The van der Waals surface area contributed by atoms with Crippen LogP contribution in [-0.4, -0.2) is 57.5 Å². The molecule has 1 aliphatic heterocycles. The number of anilines is 2. The van der Waals surface area contributed by atoms with Crippen molar-refractivity contribution in [2.75, 3.05) is 51.0 Å². The molecule has 8 heteroatoms. The Kier molecular flexibility index (Phi) is 8.97. The van der Waals surface area contributed by atoms with E-state index in [2.05, 4.69) is 10.6 Å². The molecule has 0 spiro atoms. The monoisotopic (exact) mass is 362 g/mol. The Hall–Kier alpha value is -1.50. The standard InChI is InChI=1S/C15H22N4O2.2ClH/c1-16-7-9-19(3)15(21)11-4-5-13-12(10-11)17-14(20)6-8-18(13)2;;/h4-5,10,16H,6-9H2,1-3H3,(H,17,20);2*1H. The van der Waals surface area contributed by atoms with Gasteiger partial charge in [-0.2, -0.15) is 0 Å². The summed E-state index contributed by atoms with van der Waals surface area (Å²) in [4.78, 5) is 27.8. The Morgan fingerprint density at radius 2 is 2.09 bits per heavy atom. The van der Waals surface area contributed by atoms with Gasteiger partial charge < -0.3 is 20.4 Å². The summed E-state index contributed by atoms with van der Waals surface area (Å²) < 4.78 is 0. The van der Waals surface area contributed by atoms with Gasteiger partial charge in [-0.15, -0.1) is 24.8 Å². The number of halogens is 2. The van der Waals surface area contributed by atoms with Crippen LogP contribution in [0, 0.1) is 0 Å². The number of benzene rings is 1. The lowest BCUT2D eigenvalue weighted by Gasteiger charge is -2.21. The molecule has 0 radical (unpaired) electrons. The number of nitrogens with one attached hydrogen (secondary N) is 2. The number of likely N-dealkylation sites (N-methyl/N-ethyl adjacent to an activating group) is 2. The van der Waals surface area contributed by atoms with E-state index in [0.29, 0.717) is 30.8 Å². The molecule has 1 heterocycles. The third-order valence-electron chi connectivity index (χ3n) is 3.65. The average Bonchev–Trinajstić information content (AvgIpc) is 2.62. The summed E-state index contributed by atoms with van der Waals surface area (Å²) in [6.45, 7) is 2.06. The van der Waals surface area contributed by atoms with E-state index in [1.165, 1.54) is 0 Å². The molecule has 2 N–H and O–H groups in total. The fraction of sp³-hybridized carbons (Fsp3) is 0.467. The topological polar surface area (TPSA) is 64.7 Å². The van der Waals surface area contributed by atoms with Gasteiger partial charge in [0.25, 0.3) is 5.91 Å². The van der Waals surface area contributed by atoms with Crippen molar-refractivity contribution < 1.29 is 9.59 Å². The zero-order chi connectivity index (χ0) is 15.4. The van der Waals surface area contributed by atoms with Gasteiger partial charge in [-0.25, -0.2) is 0 Å². The van der Waals surface area contributed by atoms with Crippen molar-refractivity contribution in [3.63, 3.8) is 0 Å². The third-order valence-corrected chi connectivity index (χ3v) is 3.65. The summed E-state index contributed by atoms with van der Waals surface area (Å²) in [5.41, 5.74) is 2.23. The van der Waals surface area contributed by atoms with Crippen molar-refractivity contribution in [2.45, 2.75) is 6.42 Å². The van der Waals surface area contributed by atoms with Gasteiger partial charge in [-0.3, -0.25) is 9.59 Å². The molecule has 2 amide bonds. The lowest BCUT2D eigenvalue weighted by Crippen LogP contribution is -2.32. The van der Waals surface area contributed by atoms with Gasteiger partial charge >= 0.3 is 0 Å². The first kappa shape index (κ1) is 21.5. The Morgan fingerprint density at radius 3 is 2.74 bits per heavy atom. The summed E-state index contributed by atoms with van der Waals surface area (Å²) in [5.74, 6) is -0.0667. The van der Waals surface area contributed by atoms with Crippen LogP contribution in [0.25, 0.3) is 0 Å². The fourth-order valence-electron chi connectivity index (χ4n) is 2.31. The second kappa shape index (κ2) is 9.60. The lowest BCUT2D eigenvalue weighted by molar-refractivity contribution is -0.115. The molecule has 2 rings (SSSR count). The SMILES string of the molecule is CNCCN(C)C(=O)c1ccc2c(c1)NC(=O)CCN2C.Cl.Cl. The summed E-state index contributed by atoms with van der Waals surface area (Å²) in [5, 5.41) is 5.88. The first-order chi connectivity index (χ1) is 10.0. The van der Waals surface area contributed by atoms with Crippen molar-refractivity contribution in [3.8, 4) is 0 Å². The van der Waals surface area contributed by atoms with E-state index >= 15 is 0 Å². The summed E-state index contributed by atoms with van der Waals surface area (Å²) in [6, 6.07) is 5.46. The van der Waals surface area contributed by atoms with Gasteiger partial charge in [0.05, 0.1) is 11.4 Å². The van der Waals surface area contributed by atoms with Crippen LogP contribution in [0.5, 0.6) is 0 Å². The largest absolute Gasteiger partial charge is 0.372 e. The van der Waals surface area contributed by atoms with Crippen molar-refractivity contribution >= 4 is 48.0 Å². The number of hydrogen-bond acceptors (Lipinski definition) is 4. The highest BCUT2D eigenvalue weighted by atomic mass is 35.5. The number of amides is 2. The van der Waals surface area contributed by atoms with Crippen LogP contribution in [0.1, 0.15) is 16.8 Å². The number of hydrogen-bond donors (Lipinski definition) is 2. The van der Waals surface area contributed by atoms with E-state index in [1.807, 2.05) is 31.1 Å². The normalized spacial score (nSPS) is 13.0. The Morgan fingerprint density at radius 1 is 1.39 bits per heavy atom. The molecule has 23 heavy (non-hydrogen) atoms. The quantitative estimate of drug-likeness (QED) is 0.853. The highest BCUT2D eigenvalue weighted by molar-refractivity contribution is 6.00. The van der Waals surface area contributed by atoms with Gasteiger partial charge in [-0.1, -0.05) is 0 Å². The fourth-order valence-corrected chi connectivity index (χ4v) is 2.31. The molecule has 1 aromatic rings. The minimum absolute atomic E-state index is 0. The molecule has 0 saturated carbocycles. The van der Waals surface area contributed by atoms with Crippen molar-refractivity contribution in [3.05, 3.63) is 23.8 Å². The first-order valence-corrected chi connectivity index (χ1v) is 7.08. The predicted octanol–water partition coefficient (Wildman–Crippen LogP) is 1.60. The molecular formula is C15H24Cl2N4O2. The zero-order valence-electron chi connectivity index (χ0n) is 13.6. The second-order valence-electron chi connectivity index (χ2n) is 5.28. The highest BCUT2D eigenvalue weighted by Crippen LogP contribution is 2.29. The van der Waals surface area contributed by atoms with E-state index in [0.717, 1.165) is 12.2 Å². The maximum atomic E-state index is 12.4. The van der Waals surface area contributed by atoms with E-state index in [-0.39, 0.29) is 36.6 Å². The van der Waals surface area contributed by atoms with E-state index < -0.39 is 0 Å². The molecular weight excluding hydrogens is 339 g/mol. The van der Waals surface area contributed by atoms with Crippen LogP contribution in [0.4, 0.5) is 11.4 Å². The van der Waals surface area contributed by atoms with Crippen LogP contribution in [0.15, 0.2) is 18.2 Å². The molecule has 6 nitrogen and oxygen atoms in total. The molecule has 0 aliphatic carbocycles. The van der Waals surface area contributed by atoms with Crippen molar-refractivity contribution in [2.24, 2.45) is 0 Å². The number of nitrogens with zero attached hydrogens (tertiary/aromatic N) is 2. The second-order valence-corrected chi connectivity index (χ2v) is 5.28. The molecule has 0 unspecified atom stereocenters. The molecule has 0 saturated heterocycles.